The lowest BCUT2D eigenvalue weighted by molar-refractivity contribution is -0.115. The molecule has 0 aromatic carbocycles. The van der Waals surface area contributed by atoms with Gasteiger partial charge in [-0.15, -0.1) is 0 Å². The first kappa shape index (κ1) is 9.47. The van der Waals surface area contributed by atoms with Gasteiger partial charge in [0.15, 0.2) is 0 Å². The van der Waals surface area contributed by atoms with Crippen LogP contribution in [0.1, 0.15) is 33.6 Å². The van der Waals surface area contributed by atoms with Crippen molar-refractivity contribution in [2.45, 2.75) is 39.2 Å². The zero-order chi connectivity index (χ0) is 9.53. The zero-order valence-corrected chi connectivity index (χ0v) is 9.02. The minimum atomic E-state index is 0.345. The summed E-state index contributed by atoms with van der Waals surface area (Å²) in [5, 5.41) is 3.62. The molecule has 13 heavy (non-hydrogen) atoms. The van der Waals surface area contributed by atoms with Crippen molar-refractivity contribution < 1.29 is 4.74 Å². The maximum atomic E-state index is 5.33. The van der Waals surface area contributed by atoms with E-state index in [0.717, 1.165) is 25.7 Å². The van der Waals surface area contributed by atoms with Gasteiger partial charge in [-0.2, -0.15) is 0 Å². The molecule has 2 aliphatic heterocycles. The van der Waals surface area contributed by atoms with E-state index in [1.807, 2.05) is 0 Å². The van der Waals surface area contributed by atoms with Crippen LogP contribution in [0.4, 0.5) is 0 Å². The minimum Gasteiger partial charge on any atom is -0.377 e. The first-order valence-electron chi connectivity index (χ1n) is 5.39. The second kappa shape index (κ2) is 2.96. The predicted octanol–water partition coefficient (Wildman–Crippen LogP) is 1.80. The van der Waals surface area contributed by atoms with Crippen LogP contribution in [0.15, 0.2) is 0 Å². The summed E-state index contributed by atoms with van der Waals surface area (Å²) in [4.78, 5) is 0. The fourth-order valence-electron chi connectivity index (χ4n) is 2.58. The van der Waals surface area contributed by atoms with E-state index in [4.69, 9.17) is 4.74 Å². The van der Waals surface area contributed by atoms with E-state index in [1.54, 1.807) is 0 Å². The molecule has 0 amide bonds. The average Bonchev–Trinajstić information content (AvgIpc) is 2.01. The molecule has 2 rings (SSSR count). The molecular formula is C11H21NO. The Kier molecular flexibility index (Phi) is 2.16. The minimum absolute atomic E-state index is 0.345. The van der Waals surface area contributed by atoms with Crippen LogP contribution in [0, 0.1) is 11.3 Å². The maximum absolute atomic E-state index is 5.33. The van der Waals surface area contributed by atoms with E-state index in [9.17, 15) is 0 Å². The summed E-state index contributed by atoms with van der Waals surface area (Å²) in [6, 6.07) is 0. The van der Waals surface area contributed by atoms with Crippen LogP contribution in [0.5, 0.6) is 0 Å². The molecule has 2 saturated heterocycles. The van der Waals surface area contributed by atoms with Crippen LogP contribution in [-0.4, -0.2) is 25.3 Å². The summed E-state index contributed by atoms with van der Waals surface area (Å²) in [5.74, 6) is 0.784. The van der Waals surface area contributed by atoms with Gasteiger partial charge in [0.05, 0.1) is 18.8 Å². The Morgan fingerprint density at radius 3 is 2.46 bits per heavy atom. The average molecular weight is 183 g/mol. The molecule has 2 heteroatoms. The Morgan fingerprint density at radius 2 is 2.00 bits per heavy atom. The van der Waals surface area contributed by atoms with Crippen LogP contribution in [0.2, 0.25) is 0 Å². The third-order valence-corrected chi connectivity index (χ3v) is 4.09. The summed E-state index contributed by atoms with van der Waals surface area (Å²) < 4.78 is 5.33. The standard InChI is InChI=1S/C11H21NO/c1-9(2)10(3)4-5-12-11(6-10)7-13-8-11/h9,12H,4-8H2,1-3H3. The highest BCUT2D eigenvalue weighted by atomic mass is 16.5. The fourth-order valence-corrected chi connectivity index (χ4v) is 2.58. The SMILES string of the molecule is CC(C)C1(C)CCNC2(COC2)C1. The van der Waals surface area contributed by atoms with Gasteiger partial charge in [-0.3, -0.25) is 0 Å². The topological polar surface area (TPSA) is 21.3 Å². The van der Waals surface area contributed by atoms with Gasteiger partial charge in [-0.05, 0) is 30.7 Å². The van der Waals surface area contributed by atoms with Crippen LogP contribution in [0.25, 0.3) is 0 Å². The van der Waals surface area contributed by atoms with Crippen molar-refractivity contribution >= 4 is 0 Å². The maximum Gasteiger partial charge on any atom is 0.0672 e. The lowest BCUT2D eigenvalue weighted by atomic mass is 9.65. The van der Waals surface area contributed by atoms with E-state index in [2.05, 4.69) is 26.1 Å². The molecule has 0 aromatic rings. The van der Waals surface area contributed by atoms with Crippen LogP contribution in [0.3, 0.4) is 0 Å². The van der Waals surface area contributed by atoms with Gasteiger partial charge < -0.3 is 10.1 Å². The second-order valence-corrected chi connectivity index (χ2v) is 5.44. The molecule has 0 bridgehead atoms. The second-order valence-electron chi connectivity index (χ2n) is 5.44. The first-order valence-corrected chi connectivity index (χ1v) is 5.39. The molecule has 0 radical (unpaired) electrons. The molecule has 2 aliphatic rings. The largest absolute Gasteiger partial charge is 0.377 e. The Labute approximate surface area is 81.0 Å². The summed E-state index contributed by atoms with van der Waals surface area (Å²) in [7, 11) is 0. The lowest BCUT2D eigenvalue weighted by Crippen LogP contribution is -2.66. The Bertz CT molecular complexity index is 198. The van der Waals surface area contributed by atoms with E-state index < -0.39 is 0 Å². The van der Waals surface area contributed by atoms with Crippen molar-refractivity contribution in [1.82, 2.24) is 5.32 Å². The van der Waals surface area contributed by atoms with E-state index in [-0.39, 0.29) is 0 Å². The molecule has 0 aromatic heterocycles. The number of hydrogen-bond donors (Lipinski definition) is 1. The van der Waals surface area contributed by atoms with Gasteiger partial charge >= 0.3 is 0 Å². The summed E-state index contributed by atoms with van der Waals surface area (Å²) in [5.41, 5.74) is 0.867. The molecule has 2 heterocycles. The Morgan fingerprint density at radius 1 is 1.31 bits per heavy atom. The molecule has 2 fully saturated rings. The van der Waals surface area contributed by atoms with E-state index >= 15 is 0 Å². The van der Waals surface area contributed by atoms with Crippen molar-refractivity contribution in [3.8, 4) is 0 Å². The third-order valence-electron chi connectivity index (χ3n) is 4.09. The number of hydrogen-bond acceptors (Lipinski definition) is 2. The summed E-state index contributed by atoms with van der Waals surface area (Å²) >= 11 is 0. The molecule has 1 atom stereocenters. The highest BCUT2D eigenvalue weighted by molar-refractivity contribution is 5.03. The molecule has 0 saturated carbocycles. The predicted molar refractivity (Wildman–Crippen MR) is 53.7 cm³/mol. The number of nitrogens with one attached hydrogen (secondary N) is 1. The smallest absolute Gasteiger partial charge is 0.0672 e. The van der Waals surface area contributed by atoms with Gasteiger partial charge in [0.2, 0.25) is 0 Å². The van der Waals surface area contributed by atoms with Crippen LogP contribution < -0.4 is 5.32 Å². The van der Waals surface area contributed by atoms with Crippen molar-refractivity contribution in [3.63, 3.8) is 0 Å². The summed E-state index contributed by atoms with van der Waals surface area (Å²) in [6.07, 6.45) is 2.60. The van der Waals surface area contributed by atoms with Gasteiger partial charge in [-0.25, -0.2) is 0 Å². The number of piperidine rings is 1. The van der Waals surface area contributed by atoms with E-state index in [1.165, 1.54) is 12.8 Å². The molecule has 1 unspecified atom stereocenters. The van der Waals surface area contributed by atoms with Crippen molar-refractivity contribution in [3.05, 3.63) is 0 Å². The Hall–Kier alpha value is -0.0800. The number of ether oxygens (including phenoxy) is 1. The van der Waals surface area contributed by atoms with Crippen molar-refractivity contribution in [1.29, 1.82) is 0 Å². The molecule has 1 N–H and O–H groups in total. The monoisotopic (exact) mass is 183 g/mol. The molecule has 76 valence electrons. The number of rotatable bonds is 1. The van der Waals surface area contributed by atoms with Crippen molar-refractivity contribution in [2.24, 2.45) is 11.3 Å². The molecule has 0 aliphatic carbocycles. The normalized spacial score (nSPS) is 37.8. The van der Waals surface area contributed by atoms with Gasteiger partial charge in [-0.1, -0.05) is 20.8 Å². The Balaban J connectivity index is 2.06. The van der Waals surface area contributed by atoms with Gasteiger partial charge in [0.1, 0.15) is 0 Å². The van der Waals surface area contributed by atoms with Gasteiger partial charge in [0.25, 0.3) is 0 Å². The molecular weight excluding hydrogens is 162 g/mol. The summed E-state index contributed by atoms with van der Waals surface area (Å²) in [6.45, 7) is 10.1. The lowest BCUT2D eigenvalue weighted by Gasteiger charge is -2.53. The fraction of sp³-hybridized carbons (Fsp3) is 1.00. The van der Waals surface area contributed by atoms with Crippen molar-refractivity contribution in [2.75, 3.05) is 19.8 Å². The third kappa shape index (κ3) is 1.50. The van der Waals surface area contributed by atoms with Crippen LogP contribution >= 0.6 is 0 Å². The van der Waals surface area contributed by atoms with Crippen LogP contribution in [-0.2, 0) is 4.74 Å². The van der Waals surface area contributed by atoms with E-state index in [0.29, 0.717) is 11.0 Å². The first-order chi connectivity index (χ1) is 6.06. The quantitative estimate of drug-likeness (QED) is 0.669. The van der Waals surface area contributed by atoms with Gasteiger partial charge in [0, 0.05) is 0 Å². The highest BCUT2D eigenvalue weighted by Crippen LogP contribution is 2.43. The highest BCUT2D eigenvalue weighted by Gasteiger charge is 2.47. The molecule has 1 spiro atoms. The zero-order valence-electron chi connectivity index (χ0n) is 9.02. The molecule has 2 nitrogen and oxygen atoms in total.